The van der Waals surface area contributed by atoms with Crippen molar-refractivity contribution in [3.63, 3.8) is 0 Å². The molecular formula is C28H29F3N2O6. The Morgan fingerprint density at radius 1 is 0.846 bits per heavy atom. The number of nitrogens with zero attached hydrogens (tertiary/aromatic N) is 1. The Kier molecular flexibility index (Phi) is 7.98. The molecule has 2 amide bonds. The first-order valence-corrected chi connectivity index (χ1v) is 11.9. The van der Waals surface area contributed by atoms with E-state index in [0.29, 0.717) is 52.0 Å². The monoisotopic (exact) mass is 546 g/mol. The summed E-state index contributed by atoms with van der Waals surface area (Å²) >= 11 is 0. The van der Waals surface area contributed by atoms with E-state index in [4.69, 9.17) is 23.7 Å². The van der Waals surface area contributed by atoms with E-state index in [-0.39, 0.29) is 6.54 Å². The van der Waals surface area contributed by atoms with Gasteiger partial charge < -0.3 is 33.9 Å². The van der Waals surface area contributed by atoms with Crippen molar-refractivity contribution >= 4 is 11.7 Å². The number of rotatable bonds is 7. The van der Waals surface area contributed by atoms with Gasteiger partial charge in [0.1, 0.15) is 0 Å². The largest absolute Gasteiger partial charge is 0.493 e. The van der Waals surface area contributed by atoms with Gasteiger partial charge in [-0.3, -0.25) is 0 Å². The summed E-state index contributed by atoms with van der Waals surface area (Å²) in [5.41, 5.74) is 1.33. The molecule has 208 valence electrons. The zero-order valence-electron chi connectivity index (χ0n) is 22.1. The van der Waals surface area contributed by atoms with Crippen molar-refractivity contribution in [2.75, 3.05) is 47.4 Å². The molecule has 0 fully saturated rings. The molecule has 0 radical (unpaired) electrons. The fourth-order valence-corrected chi connectivity index (χ4v) is 4.76. The number of halogens is 3. The van der Waals surface area contributed by atoms with E-state index in [9.17, 15) is 18.0 Å². The number of carbonyl (C=O) groups excluding carboxylic acids is 1. The number of benzene rings is 3. The normalized spacial score (nSPS) is 14.8. The Balaban J connectivity index is 1.80. The van der Waals surface area contributed by atoms with Crippen LogP contribution >= 0.6 is 0 Å². The summed E-state index contributed by atoms with van der Waals surface area (Å²) in [6, 6.07) is 10.3. The molecule has 1 N–H and O–H groups in total. The van der Waals surface area contributed by atoms with E-state index in [1.54, 1.807) is 30.3 Å². The van der Waals surface area contributed by atoms with Crippen molar-refractivity contribution in [2.24, 2.45) is 0 Å². The molecule has 8 nitrogen and oxygen atoms in total. The highest BCUT2D eigenvalue weighted by Crippen LogP contribution is 2.43. The molecular weight excluding hydrogens is 517 g/mol. The summed E-state index contributed by atoms with van der Waals surface area (Å²) in [4.78, 5) is 15.2. The van der Waals surface area contributed by atoms with Crippen molar-refractivity contribution in [1.82, 2.24) is 4.90 Å². The van der Waals surface area contributed by atoms with Gasteiger partial charge in [0, 0.05) is 18.7 Å². The lowest BCUT2D eigenvalue weighted by molar-refractivity contribution is -0.137. The molecule has 39 heavy (non-hydrogen) atoms. The molecule has 0 aliphatic carbocycles. The molecule has 0 aromatic heterocycles. The maximum absolute atomic E-state index is 13.7. The van der Waals surface area contributed by atoms with Crippen LogP contribution in [0, 0.1) is 0 Å². The Labute approximate surface area is 224 Å². The summed E-state index contributed by atoms with van der Waals surface area (Å²) in [6.45, 7) is 0.236. The van der Waals surface area contributed by atoms with Gasteiger partial charge in [-0.2, -0.15) is 13.2 Å². The van der Waals surface area contributed by atoms with E-state index in [2.05, 4.69) is 5.32 Å². The highest BCUT2D eigenvalue weighted by molar-refractivity contribution is 5.91. The summed E-state index contributed by atoms with van der Waals surface area (Å²) in [6.07, 6.45) is -4.10. The number of hydrogen-bond donors (Lipinski definition) is 1. The van der Waals surface area contributed by atoms with Crippen LogP contribution in [-0.4, -0.2) is 53.0 Å². The average Bonchev–Trinajstić information content (AvgIpc) is 2.94. The van der Waals surface area contributed by atoms with Crippen molar-refractivity contribution in [3.8, 4) is 28.7 Å². The summed E-state index contributed by atoms with van der Waals surface area (Å²) in [5, 5.41) is 2.83. The number of ether oxygens (including phenoxy) is 5. The molecule has 3 aromatic carbocycles. The van der Waals surface area contributed by atoms with E-state index in [1.807, 2.05) is 0 Å². The van der Waals surface area contributed by atoms with Crippen LogP contribution in [0.4, 0.5) is 23.7 Å². The van der Waals surface area contributed by atoms with Gasteiger partial charge in [-0.1, -0.05) is 12.1 Å². The number of amides is 2. The maximum atomic E-state index is 13.7. The number of nitrogens with one attached hydrogen (secondary N) is 1. The number of urea groups is 1. The third-order valence-electron chi connectivity index (χ3n) is 6.58. The molecule has 4 rings (SSSR count). The molecule has 1 atom stereocenters. The van der Waals surface area contributed by atoms with Gasteiger partial charge >= 0.3 is 12.2 Å². The van der Waals surface area contributed by atoms with Crippen LogP contribution in [0.25, 0.3) is 0 Å². The van der Waals surface area contributed by atoms with Gasteiger partial charge in [-0.25, -0.2) is 4.79 Å². The molecule has 0 saturated heterocycles. The van der Waals surface area contributed by atoms with E-state index in [1.165, 1.54) is 46.5 Å². The molecule has 0 bridgehead atoms. The van der Waals surface area contributed by atoms with Crippen molar-refractivity contribution in [1.29, 1.82) is 0 Å². The van der Waals surface area contributed by atoms with E-state index in [0.717, 1.165) is 17.7 Å². The predicted octanol–water partition coefficient (Wildman–Crippen LogP) is 5.93. The number of anilines is 1. The number of hydrogen-bond acceptors (Lipinski definition) is 6. The summed E-state index contributed by atoms with van der Waals surface area (Å²) < 4.78 is 67.9. The van der Waals surface area contributed by atoms with Crippen LogP contribution in [0.3, 0.4) is 0 Å². The summed E-state index contributed by atoms with van der Waals surface area (Å²) in [5.74, 6) is 1.92. The average molecular weight is 547 g/mol. The molecule has 1 heterocycles. The van der Waals surface area contributed by atoms with Crippen molar-refractivity contribution in [2.45, 2.75) is 18.6 Å². The van der Waals surface area contributed by atoms with Crippen LogP contribution < -0.4 is 29.0 Å². The SMILES string of the molecule is COc1cc2c(cc1OC)[C@@H](c1cccc(C(F)(F)F)c1)N(C(=O)Nc1cc(OC)c(OC)c(OC)c1)CC2. The van der Waals surface area contributed by atoms with Crippen LogP contribution in [-0.2, 0) is 12.6 Å². The van der Waals surface area contributed by atoms with Crippen molar-refractivity contribution in [3.05, 3.63) is 70.8 Å². The minimum Gasteiger partial charge on any atom is -0.493 e. The lowest BCUT2D eigenvalue weighted by atomic mass is 9.87. The van der Waals surface area contributed by atoms with Gasteiger partial charge in [-0.05, 0) is 47.4 Å². The highest BCUT2D eigenvalue weighted by atomic mass is 19.4. The lowest BCUT2D eigenvalue weighted by Gasteiger charge is -2.38. The number of fused-ring (bicyclic) bond motifs is 1. The Morgan fingerprint density at radius 3 is 2.03 bits per heavy atom. The minimum atomic E-state index is -4.55. The zero-order valence-corrected chi connectivity index (χ0v) is 22.1. The highest BCUT2D eigenvalue weighted by Gasteiger charge is 2.36. The quantitative estimate of drug-likeness (QED) is 0.396. The van der Waals surface area contributed by atoms with Gasteiger partial charge in [0.2, 0.25) is 5.75 Å². The second-order valence-electron chi connectivity index (χ2n) is 8.72. The summed E-state index contributed by atoms with van der Waals surface area (Å²) in [7, 11) is 7.36. The molecule has 1 aliphatic rings. The van der Waals surface area contributed by atoms with E-state index >= 15 is 0 Å². The molecule has 0 unspecified atom stereocenters. The van der Waals surface area contributed by atoms with Crippen LogP contribution in [0.15, 0.2) is 48.5 Å². The first-order chi connectivity index (χ1) is 18.6. The zero-order chi connectivity index (χ0) is 28.3. The second kappa shape index (κ2) is 11.2. The van der Waals surface area contributed by atoms with Crippen molar-refractivity contribution < 1.29 is 41.7 Å². The smallest absolute Gasteiger partial charge is 0.416 e. The number of alkyl halides is 3. The van der Waals surface area contributed by atoms with E-state index < -0.39 is 23.8 Å². The van der Waals surface area contributed by atoms with Crippen LogP contribution in [0.1, 0.15) is 28.3 Å². The number of carbonyl (C=O) groups is 1. The predicted molar refractivity (Wildman–Crippen MR) is 138 cm³/mol. The Bertz CT molecular complexity index is 1340. The van der Waals surface area contributed by atoms with Gasteiger partial charge in [-0.15, -0.1) is 0 Å². The van der Waals surface area contributed by atoms with Crippen LogP contribution in [0.5, 0.6) is 28.7 Å². The third kappa shape index (κ3) is 5.47. The Hall–Kier alpha value is -4.28. The molecule has 0 saturated carbocycles. The maximum Gasteiger partial charge on any atom is 0.416 e. The van der Waals surface area contributed by atoms with Gasteiger partial charge in [0.15, 0.2) is 23.0 Å². The molecule has 11 heteroatoms. The minimum absolute atomic E-state index is 0.236. The lowest BCUT2D eigenvalue weighted by Crippen LogP contribution is -2.43. The molecule has 0 spiro atoms. The third-order valence-corrected chi connectivity index (χ3v) is 6.58. The standard InChI is InChI=1S/C28H29F3N2O6/c1-35-21-12-16-9-10-33(27(34)32-19-13-23(37-3)26(39-5)24(14-19)38-4)25(20(16)15-22(21)36-2)17-7-6-8-18(11-17)28(29,30)31/h6-8,11-15,25H,9-10H2,1-5H3,(H,32,34)/t25-/m1/s1. The fraction of sp³-hybridized carbons (Fsp3) is 0.321. The topological polar surface area (TPSA) is 78.5 Å². The second-order valence-corrected chi connectivity index (χ2v) is 8.72. The Morgan fingerprint density at radius 2 is 1.46 bits per heavy atom. The fourth-order valence-electron chi connectivity index (χ4n) is 4.76. The number of methoxy groups -OCH3 is 5. The molecule has 1 aliphatic heterocycles. The molecule has 3 aromatic rings. The van der Waals surface area contributed by atoms with Gasteiger partial charge in [0.05, 0.1) is 52.8 Å². The first-order valence-electron chi connectivity index (χ1n) is 11.9. The first kappa shape index (κ1) is 27.7. The van der Waals surface area contributed by atoms with Crippen LogP contribution in [0.2, 0.25) is 0 Å². The van der Waals surface area contributed by atoms with Gasteiger partial charge in [0.25, 0.3) is 0 Å².